The lowest BCUT2D eigenvalue weighted by atomic mass is 9.83. The number of carbonyl (C=O) groups is 1. The van der Waals surface area contributed by atoms with Crippen LogP contribution in [0.15, 0.2) is 11.8 Å². The van der Waals surface area contributed by atoms with Crippen LogP contribution in [0.1, 0.15) is 12.8 Å². The summed E-state index contributed by atoms with van der Waals surface area (Å²) in [6.07, 6.45) is -19.0. The lowest BCUT2D eigenvalue weighted by Crippen LogP contribution is -2.67. The normalized spacial score (nSPS) is 44.1. The maximum absolute atomic E-state index is 14.0. The summed E-state index contributed by atoms with van der Waals surface area (Å²) in [6.45, 7) is -1.17. The zero-order chi connectivity index (χ0) is 36.2. The zero-order valence-electron chi connectivity index (χ0n) is 27.0. The summed E-state index contributed by atoms with van der Waals surface area (Å²) in [5, 5.41) is 68.9. The monoisotopic (exact) mass is 713 g/mol. The number of likely N-dealkylation sites (N-methyl/N-ethyl adjacent to an activating group) is 1. The van der Waals surface area contributed by atoms with Crippen molar-refractivity contribution >= 4 is 5.91 Å². The zero-order valence-corrected chi connectivity index (χ0v) is 27.0. The first-order chi connectivity index (χ1) is 23.3. The molecule has 4 aliphatic rings. The topological polar surface area (TPSA) is 348 Å². The molecule has 18 N–H and O–H groups in total. The van der Waals surface area contributed by atoms with E-state index >= 15 is 0 Å². The average molecular weight is 714 g/mol. The quantitative estimate of drug-likeness (QED) is 0.0795. The van der Waals surface area contributed by atoms with E-state index in [2.05, 4.69) is 10.6 Å². The van der Waals surface area contributed by atoms with Gasteiger partial charge in [-0.15, -0.1) is 0 Å². The van der Waals surface area contributed by atoms with Gasteiger partial charge in [0.1, 0.15) is 66.9 Å². The summed E-state index contributed by atoms with van der Waals surface area (Å²) < 4.78 is 49.4. The number of aliphatic hydroxyl groups is 6. The predicted octanol–water partition coefficient (Wildman–Crippen LogP) is -7.64. The Morgan fingerprint density at radius 3 is 2.22 bits per heavy atom. The highest BCUT2D eigenvalue weighted by Gasteiger charge is 2.54. The van der Waals surface area contributed by atoms with E-state index in [1.807, 2.05) is 0 Å². The van der Waals surface area contributed by atoms with Crippen molar-refractivity contribution in [2.45, 2.75) is 123 Å². The molecule has 0 unspecified atom stereocenters. The fourth-order valence-corrected chi connectivity index (χ4v) is 6.22. The van der Waals surface area contributed by atoms with E-state index in [-0.39, 0.29) is 13.0 Å². The second kappa shape index (κ2) is 17.7. The SMILES string of the molecule is CNCC1=CC[C@@H](N)[C@@H](O[C@H]2[C@H](O[C@@H]3O[C@H](CO)[C@@H](O[C@H]4O[C@@H](CN)[C@@H](O)[C@H](O)[C@H]4N)[C@H]3O)[C@@H](O)[C@H](NC(=O)[C@@H](O)[C@H](F)CN)C[C@@H]2N)O1. The van der Waals surface area contributed by atoms with E-state index in [0.29, 0.717) is 18.7 Å². The molecule has 0 aromatic rings. The Morgan fingerprint density at radius 2 is 1.59 bits per heavy atom. The van der Waals surface area contributed by atoms with Crippen LogP contribution >= 0.6 is 0 Å². The van der Waals surface area contributed by atoms with Gasteiger partial charge < -0.3 is 98.4 Å². The van der Waals surface area contributed by atoms with Crippen molar-refractivity contribution in [1.82, 2.24) is 10.6 Å². The minimum absolute atomic E-state index is 0.141. The molecule has 1 amide bonds. The summed E-state index contributed by atoms with van der Waals surface area (Å²) in [6, 6.07) is -4.17. The lowest BCUT2D eigenvalue weighted by Gasteiger charge is -2.46. The molecule has 49 heavy (non-hydrogen) atoms. The van der Waals surface area contributed by atoms with Crippen molar-refractivity contribution in [3.8, 4) is 0 Å². The highest BCUT2D eigenvalue weighted by atomic mass is 19.1. The molecular weight excluding hydrogens is 661 g/mol. The number of hydrogen-bond donors (Lipinski definition) is 13. The van der Waals surface area contributed by atoms with E-state index in [4.69, 9.17) is 57.1 Å². The number of nitrogens with two attached hydrogens (primary N) is 5. The first kappa shape index (κ1) is 40.0. The molecular formula is C28H52FN7O13. The Bertz CT molecular complexity index is 1100. The molecule has 21 heteroatoms. The number of ether oxygens (including phenoxy) is 6. The number of carbonyl (C=O) groups excluding carboxylic acids is 1. The van der Waals surface area contributed by atoms with Gasteiger partial charge in [-0.25, -0.2) is 4.39 Å². The molecule has 0 spiro atoms. The van der Waals surface area contributed by atoms with Crippen molar-refractivity contribution in [2.24, 2.45) is 28.7 Å². The van der Waals surface area contributed by atoms with Crippen LogP contribution in [-0.4, -0.2) is 180 Å². The molecule has 0 radical (unpaired) electrons. The highest BCUT2D eigenvalue weighted by molar-refractivity contribution is 5.81. The van der Waals surface area contributed by atoms with Gasteiger partial charge in [-0.3, -0.25) is 4.79 Å². The number of rotatable bonds is 14. The van der Waals surface area contributed by atoms with Crippen molar-refractivity contribution < 1.29 is 68.2 Å². The summed E-state index contributed by atoms with van der Waals surface area (Å²) in [5.74, 6) is -0.626. The molecule has 0 bridgehead atoms. The third kappa shape index (κ3) is 9.02. The Hall–Kier alpha value is -1.74. The van der Waals surface area contributed by atoms with Crippen molar-refractivity contribution in [2.75, 3.05) is 33.3 Å². The van der Waals surface area contributed by atoms with Gasteiger partial charge in [0.25, 0.3) is 5.91 Å². The van der Waals surface area contributed by atoms with E-state index < -0.39 is 129 Å². The van der Waals surface area contributed by atoms with Crippen LogP contribution < -0.4 is 39.3 Å². The second-order valence-corrected chi connectivity index (χ2v) is 12.6. The molecule has 0 aromatic carbocycles. The minimum Gasteiger partial charge on any atom is -0.467 e. The summed E-state index contributed by atoms with van der Waals surface area (Å²) in [4.78, 5) is 12.6. The molecule has 1 aliphatic carbocycles. The van der Waals surface area contributed by atoms with Crippen molar-refractivity contribution in [3.63, 3.8) is 0 Å². The van der Waals surface area contributed by atoms with E-state index in [0.717, 1.165) is 0 Å². The lowest BCUT2D eigenvalue weighted by molar-refractivity contribution is -0.282. The molecule has 1 saturated carbocycles. The summed E-state index contributed by atoms with van der Waals surface area (Å²) >= 11 is 0. The number of aliphatic hydroxyl groups excluding tert-OH is 6. The van der Waals surface area contributed by atoms with Gasteiger partial charge >= 0.3 is 0 Å². The van der Waals surface area contributed by atoms with Gasteiger partial charge in [-0.2, -0.15) is 0 Å². The number of amides is 1. The molecule has 20 nitrogen and oxygen atoms in total. The van der Waals surface area contributed by atoms with Gasteiger partial charge in [-0.05, 0) is 26.0 Å². The Labute approximate surface area is 281 Å². The van der Waals surface area contributed by atoms with Crippen LogP contribution in [0.3, 0.4) is 0 Å². The van der Waals surface area contributed by atoms with Crippen LogP contribution in [0.4, 0.5) is 4.39 Å². The fraction of sp³-hybridized carbons (Fsp3) is 0.893. The maximum atomic E-state index is 14.0. The number of hydrogen-bond acceptors (Lipinski definition) is 19. The maximum Gasteiger partial charge on any atom is 0.252 e. The number of halogens is 1. The van der Waals surface area contributed by atoms with Crippen LogP contribution in [0.25, 0.3) is 0 Å². The fourth-order valence-electron chi connectivity index (χ4n) is 6.22. The van der Waals surface area contributed by atoms with Crippen molar-refractivity contribution in [3.05, 3.63) is 11.8 Å². The van der Waals surface area contributed by atoms with Crippen molar-refractivity contribution in [1.29, 1.82) is 0 Å². The van der Waals surface area contributed by atoms with Gasteiger partial charge in [0.15, 0.2) is 18.7 Å². The average Bonchev–Trinajstić information content (AvgIpc) is 3.38. The van der Waals surface area contributed by atoms with E-state index in [9.17, 15) is 39.8 Å². The largest absolute Gasteiger partial charge is 0.467 e. The molecule has 3 fully saturated rings. The van der Waals surface area contributed by atoms with Gasteiger partial charge in [0.2, 0.25) is 6.29 Å². The standard InChI is InChI=1S/C28H52FN7O13/c1-35-7-9-2-3-11(32)26(44-9)47-22-12(33)4-13(36-25(43)17(38)10(29)5-30)18(39)24(22)49-28-21(42)23(15(8-37)46-28)48-27-16(34)20(41)19(40)14(6-31)45-27/h2,10-24,26-28,35,37-42H,3-8,30-34H2,1H3,(H,36,43)/t10-,11-,12+,13-,14+,15-,16-,17+,18+,19-,20-,21-,22-,23-,24-,26-,27-,28+/m1/s1. The Kier molecular flexibility index (Phi) is 14.4. The first-order valence-electron chi connectivity index (χ1n) is 16.2. The number of alkyl halides is 1. The molecule has 2 saturated heterocycles. The third-order valence-electron chi connectivity index (χ3n) is 9.10. The Morgan fingerprint density at radius 1 is 0.939 bits per heavy atom. The third-order valence-corrected chi connectivity index (χ3v) is 9.10. The smallest absolute Gasteiger partial charge is 0.252 e. The molecule has 3 heterocycles. The number of nitrogens with one attached hydrogen (secondary N) is 2. The highest BCUT2D eigenvalue weighted by Crippen LogP contribution is 2.34. The van der Waals surface area contributed by atoms with Crippen LogP contribution in [0.2, 0.25) is 0 Å². The summed E-state index contributed by atoms with van der Waals surface area (Å²) in [5.41, 5.74) is 29.6. The molecule has 4 rings (SSSR count). The van der Waals surface area contributed by atoms with E-state index in [1.54, 1.807) is 13.1 Å². The van der Waals surface area contributed by atoms with Gasteiger partial charge in [-0.1, -0.05) is 0 Å². The van der Waals surface area contributed by atoms with E-state index in [1.165, 1.54) is 0 Å². The second-order valence-electron chi connectivity index (χ2n) is 12.6. The van der Waals surface area contributed by atoms with Gasteiger partial charge in [0, 0.05) is 19.1 Å². The van der Waals surface area contributed by atoms with Gasteiger partial charge in [0.05, 0.1) is 31.3 Å². The minimum atomic E-state index is -2.14. The summed E-state index contributed by atoms with van der Waals surface area (Å²) in [7, 11) is 1.72. The van der Waals surface area contributed by atoms with Crippen LogP contribution in [-0.2, 0) is 33.2 Å². The molecule has 284 valence electrons. The predicted molar refractivity (Wildman–Crippen MR) is 164 cm³/mol. The molecule has 18 atom stereocenters. The molecule has 3 aliphatic heterocycles. The Balaban J connectivity index is 1.56. The molecule has 0 aromatic heterocycles. The van der Waals surface area contributed by atoms with Crippen LogP contribution in [0.5, 0.6) is 0 Å². The first-order valence-corrected chi connectivity index (χ1v) is 16.2. The van der Waals surface area contributed by atoms with Crippen LogP contribution in [0, 0.1) is 0 Å².